The van der Waals surface area contributed by atoms with Crippen LogP contribution in [-0.4, -0.2) is 22.8 Å². The molecule has 0 radical (unpaired) electrons. The molecule has 0 saturated heterocycles. The van der Waals surface area contributed by atoms with Gasteiger partial charge in [0.05, 0.1) is 12.7 Å². The van der Waals surface area contributed by atoms with Gasteiger partial charge in [0.15, 0.2) is 0 Å². The van der Waals surface area contributed by atoms with Gasteiger partial charge in [-0.3, -0.25) is 4.79 Å². The van der Waals surface area contributed by atoms with Crippen molar-refractivity contribution in [2.75, 3.05) is 6.61 Å². The summed E-state index contributed by atoms with van der Waals surface area (Å²) in [6, 6.07) is 26.0. The van der Waals surface area contributed by atoms with Crippen molar-refractivity contribution in [2.45, 2.75) is 51.0 Å². The molecule has 168 valence electrons. The molecule has 0 spiro atoms. The molecule has 0 unspecified atom stereocenters. The SMILES string of the molecule is O=C(O)CCc1ccccc1OCCCCCc1cccc([C@H](O)Cc2ccccc2)c1. The largest absolute Gasteiger partial charge is 0.493 e. The summed E-state index contributed by atoms with van der Waals surface area (Å²) in [7, 11) is 0. The number of aliphatic hydroxyl groups is 1. The molecule has 0 aliphatic heterocycles. The maximum atomic E-state index is 10.8. The van der Waals surface area contributed by atoms with Crippen LogP contribution < -0.4 is 4.74 Å². The number of ether oxygens (including phenoxy) is 1. The zero-order valence-electron chi connectivity index (χ0n) is 18.5. The van der Waals surface area contributed by atoms with Crippen LogP contribution in [0.15, 0.2) is 78.9 Å². The highest BCUT2D eigenvalue weighted by Crippen LogP contribution is 2.22. The van der Waals surface area contributed by atoms with Gasteiger partial charge in [-0.25, -0.2) is 0 Å². The molecule has 0 amide bonds. The Kier molecular flexibility index (Phi) is 9.33. The smallest absolute Gasteiger partial charge is 0.303 e. The Morgan fingerprint density at radius 1 is 0.812 bits per heavy atom. The second-order valence-corrected chi connectivity index (χ2v) is 8.11. The van der Waals surface area contributed by atoms with E-state index >= 15 is 0 Å². The van der Waals surface area contributed by atoms with Crippen molar-refractivity contribution in [3.8, 4) is 5.75 Å². The normalized spacial score (nSPS) is 11.8. The summed E-state index contributed by atoms with van der Waals surface area (Å²) in [6.45, 7) is 0.625. The minimum Gasteiger partial charge on any atom is -0.493 e. The zero-order chi connectivity index (χ0) is 22.6. The maximum absolute atomic E-state index is 10.8. The number of unbranched alkanes of at least 4 members (excludes halogenated alkanes) is 2. The van der Waals surface area contributed by atoms with Crippen LogP contribution in [0.4, 0.5) is 0 Å². The highest BCUT2D eigenvalue weighted by molar-refractivity contribution is 5.67. The highest BCUT2D eigenvalue weighted by atomic mass is 16.5. The fourth-order valence-electron chi connectivity index (χ4n) is 3.79. The summed E-state index contributed by atoms with van der Waals surface area (Å²) < 4.78 is 5.90. The monoisotopic (exact) mass is 432 g/mol. The van der Waals surface area contributed by atoms with E-state index in [2.05, 4.69) is 12.1 Å². The van der Waals surface area contributed by atoms with Gasteiger partial charge in [-0.05, 0) is 60.4 Å². The molecule has 0 aromatic heterocycles. The van der Waals surface area contributed by atoms with Crippen molar-refractivity contribution in [2.24, 2.45) is 0 Å². The van der Waals surface area contributed by atoms with Crippen molar-refractivity contribution in [1.82, 2.24) is 0 Å². The third kappa shape index (κ3) is 7.86. The number of benzene rings is 3. The molecule has 0 aliphatic carbocycles. The number of aryl methyl sites for hydroxylation is 2. The molecule has 0 bridgehead atoms. The van der Waals surface area contributed by atoms with Gasteiger partial charge in [-0.2, -0.15) is 0 Å². The molecule has 3 aromatic rings. The number of hydrogen-bond donors (Lipinski definition) is 2. The van der Waals surface area contributed by atoms with Crippen molar-refractivity contribution < 1.29 is 19.7 Å². The van der Waals surface area contributed by atoms with Gasteiger partial charge < -0.3 is 14.9 Å². The summed E-state index contributed by atoms with van der Waals surface area (Å²) in [5, 5.41) is 19.5. The van der Waals surface area contributed by atoms with Crippen molar-refractivity contribution in [3.05, 3.63) is 101 Å². The molecule has 32 heavy (non-hydrogen) atoms. The van der Waals surface area contributed by atoms with E-state index in [1.807, 2.05) is 66.7 Å². The van der Waals surface area contributed by atoms with Crippen LogP contribution in [0.3, 0.4) is 0 Å². The summed E-state index contributed by atoms with van der Waals surface area (Å²) in [5.74, 6) is -0.00897. The van der Waals surface area contributed by atoms with Crippen LogP contribution >= 0.6 is 0 Å². The molecular weight excluding hydrogens is 400 g/mol. The number of aliphatic carboxylic acids is 1. The third-order valence-corrected chi connectivity index (χ3v) is 5.56. The van der Waals surface area contributed by atoms with Crippen molar-refractivity contribution in [1.29, 1.82) is 0 Å². The molecule has 4 nitrogen and oxygen atoms in total. The van der Waals surface area contributed by atoms with E-state index in [-0.39, 0.29) is 6.42 Å². The van der Waals surface area contributed by atoms with Crippen LogP contribution in [0, 0.1) is 0 Å². The zero-order valence-corrected chi connectivity index (χ0v) is 18.5. The molecule has 3 aromatic carbocycles. The molecule has 0 heterocycles. The van der Waals surface area contributed by atoms with Gasteiger partial charge in [0, 0.05) is 12.8 Å². The fraction of sp³-hybridized carbons (Fsp3) is 0.321. The van der Waals surface area contributed by atoms with Gasteiger partial charge in [0.2, 0.25) is 0 Å². The average Bonchev–Trinajstić information content (AvgIpc) is 2.81. The first kappa shape index (κ1) is 23.6. The average molecular weight is 433 g/mol. The van der Waals surface area contributed by atoms with Crippen LogP contribution in [0.1, 0.15) is 54.0 Å². The van der Waals surface area contributed by atoms with Crippen molar-refractivity contribution >= 4 is 5.97 Å². The topological polar surface area (TPSA) is 66.8 Å². The van der Waals surface area contributed by atoms with Crippen LogP contribution in [0.2, 0.25) is 0 Å². The Morgan fingerprint density at radius 3 is 2.38 bits per heavy atom. The molecule has 2 N–H and O–H groups in total. The molecule has 3 rings (SSSR count). The lowest BCUT2D eigenvalue weighted by molar-refractivity contribution is -0.136. The van der Waals surface area contributed by atoms with E-state index in [1.165, 1.54) is 5.56 Å². The van der Waals surface area contributed by atoms with Gasteiger partial charge >= 0.3 is 5.97 Å². The number of aliphatic hydroxyl groups excluding tert-OH is 1. The predicted octanol–water partition coefficient (Wildman–Crippen LogP) is 5.77. The summed E-state index contributed by atoms with van der Waals surface area (Å²) >= 11 is 0. The summed E-state index contributed by atoms with van der Waals surface area (Å²) in [4.78, 5) is 10.8. The second kappa shape index (κ2) is 12.7. The Balaban J connectivity index is 1.39. The summed E-state index contributed by atoms with van der Waals surface area (Å²) in [6.07, 6.45) is 4.75. The number of carboxylic acids is 1. The van der Waals surface area contributed by atoms with Gasteiger partial charge in [0.1, 0.15) is 5.75 Å². The lowest BCUT2D eigenvalue weighted by Crippen LogP contribution is -2.03. The van der Waals surface area contributed by atoms with Crippen LogP contribution in [-0.2, 0) is 24.1 Å². The number of para-hydroxylation sites is 1. The summed E-state index contributed by atoms with van der Waals surface area (Å²) in [5.41, 5.74) is 4.29. The first-order valence-electron chi connectivity index (χ1n) is 11.3. The lowest BCUT2D eigenvalue weighted by Gasteiger charge is -2.13. The fourth-order valence-corrected chi connectivity index (χ4v) is 3.79. The van der Waals surface area contributed by atoms with Crippen LogP contribution in [0.25, 0.3) is 0 Å². The molecular formula is C28H32O4. The standard InChI is InChI=1S/C28H32O4/c29-26(21-23-11-3-1-4-12-23)25-15-9-13-22(20-25)10-5-2-8-19-32-27-16-7-6-14-24(27)17-18-28(30)31/h1,3-4,6-7,9,11-16,20,26,29H,2,5,8,10,17-19,21H2,(H,30,31)/t26-/m1/s1. The molecule has 0 aliphatic rings. The first-order chi connectivity index (χ1) is 15.6. The quantitative estimate of drug-likeness (QED) is 0.336. The molecule has 0 fully saturated rings. The van der Waals surface area contributed by atoms with E-state index in [4.69, 9.17) is 9.84 Å². The molecule has 1 atom stereocenters. The van der Waals surface area contributed by atoms with Gasteiger partial charge in [-0.15, -0.1) is 0 Å². The minimum atomic E-state index is -0.795. The Hall–Kier alpha value is -3.11. The first-order valence-corrected chi connectivity index (χ1v) is 11.3. The Labute approximate surface area is 190 Å². The predicted molar refractivity (Wildman–Crippen MR) is 127 cm³/mol. The number of rotatable bonds is 13. The number of carbonyl (C=O) groups is 1. The minimum absolute atomic E-state index is 0.111. The van der Waals surface area contributed by atoms with E-state index in [9.17, 15) is 9.90 Å². The maximum Gasteiger partial charge on any atom is 0.303 e. The Morgan fingerprint density at radius 2 is 1.56 bits per heavy atom. The van der Waals surface area contributed by atoms with Gasteiger partial charge in [0.25, 0.3) is 0 Å². The van der Waals surface area contributed by atoms with E-state index in [1.54, 1.807) is 0 Å². The van der Waals surface area contributed by atoms with E-state index in [0.29, 0.717) is 19.4 Å². The number of hydrogen-bond acceptors (Lipinski definition) is 3. The third-order valence-electron chi connectivity index (χ3n) is 5.56. The molecule has 4 heteroatoms. The molecule has 0 saturated carbocycles. The lowest BCUT2D eigenvalue weighted by atomic mass is 9.98. The van der Waals surface area contributed by atoms with Gasteiger partial charge in [-0.1, -0.05) is 72.8 Å². The van der Waals surface area contributed by atoms with E-state index in [0.717, 1.165) is 48.1 Å². The second-order valence-electron chi connectivity index (χ2n) is 8.11. The Bertz CT molecular complexity index is 968. The highest BCUT2D eigenvalue weighted by Gasteiger charge is 2.09. The number of carboxylic acid groups (broad SMARTS) is 1. The van der Waals surface area contributed by atoms with Crippen molar-refractivity contribution in [3.63, 3.8) is 0 Å². The van der Waals surface area contributed by atoms with E-state index < -0.39 is 12.1 Å². The van der Waals surface area contributed by atoms with Crippen LogP contribution in [0.5, 0.6) is 5.75 Å².